The molecular weight excluding hydrogens is 382 g/mol. The topological polar surface area (TPSA) is 67.9 Å². The van der Waals surface area contributed by atoms with Gasteiger partial charge >= 0.3 is 0 Å². The van der Waals surface area contributed by atoms with Crippen molar-refractivity contribution in [2.24, 2.45) is 5.92 Å². The van der Waals surface area contributed by atoms with Gasteiger partial charge in [-0.3, -0.25) is 9.59 Å². The molecule has 0 saturated carbocycles. The predicted octanol–water partition coefficient (Wildman–Crippen LogP) is 3.47. The molecule has 2 aromatic carbocycles. The Hall–Kier alpha value is -3.16. The molecule has 0 spiro atoms. The van der Waals surface area contributed by atoms with E-state index < -0.39 is 11.6 Å². The van der Waals surface area contributed by atoms with Crippen LogP contribution in [0, 0.1) is 17.6 Å². The summed E-state index contributed by atoms with van der Waals surface area (Å²) in [6.45, 7) is 0.730. The molecule has 1 heterocycles. The second-order valence-corrected chi connectivity index (χ2v) is 6.72. The summed E-state index contributed by atoms with van der Waals surface area (Å²) in [4.78, 5) is 27.1. The zero-order valence-corrected chi connectivity index (χ0v) is 16.2. The highest BCUT2D eigenvalue weighted by Crippen LogP contribution is 2.31. The van der Waals surface area contributed by atoms with Gasteiger partial charge in [-0.15, -0.1) is 0 Å². The van der Waals surface area contributed by atoms with E-state index in [1.807, 2.05) is 0 Å². The molecule has 0 aromatic heterocycles. The standard InChI is InChI=1S/C21H22F2N2O4/c1-28-17-4-3-5-18(29-2)19(17)21(27)25-10-8-13(9-11-25)20(26)24-16-7-6-14(22)12-15(16)23/h3-7,12-13H,8-11H2,1-2H3,(H,24,26). The van der Waals surface area contributed by atoms with Gasteiger partial charge in [0.2, 0.25) is 5.91 Å². The first-order chi connectivity index (χ1) is 13.9. The number of benzene rings is 2. The molecule has 1 fully saturated rings. The quantitative estimate of drug-likeness (QED) is 0.829. The molecule has 0 bridgehead atoms. The van der Waals surface area contributed by atoms with E-state index in [1.54, 1.807) is 23.1 Å². The van der Waals surface area contributed by atoms with Crippen LogP contribution in [0.25, 0.3) is 0 Å². The number of methoxy groups -OCH3 is 2. The fourth-order valence-corrected chi connectivity index (χ4v) is 3.39. The number of hydrogen-bond acceptors (Lipinski definition) is 4. The zero-order valence-electron chi connectivity index (χ0n) is 16.2. The molecule has 1 N–H and O–H groups in total. The number of likely N-dealkylation sites (tertiary alicyclic amines) is 1. The van der Waals surface area contributed by atoms with Crippen LogP contribution in [0.15, 0.2) is 36.4 Å². The molecule has 1 saturated heterocycles. The Kier molecular flexibility index (Phi) is 6.31. The lowest BCUT2D eigenvalue weighted by Gasteiger charge is -2.32. The van der Waals surface area contributed by atoms with E-state index in [9.17, 15) is 18.4 Å². The van der Waals surface area contributed by atoms with E-state index in [1.165, 1.54) is 20.3 Å². The van der Waals surface area contributed by atoms with Crippen LogP contribution < -0.4 is 14.8 Å². The minimum atomic E-state index is -0.825. The highest BCUT2D eigenvalue weighted by atomic mass is 19.1. The third kappa shape index (κ3) is 4.47. The lowest BCUT2D eigenvalue weighted by molar-refractivity contribution is -0.121. The minimum Gasteiger partial charge on any atom is -0.496 e. The van der Waals surface area contributed by atoms with Crippen LogP contribution in [0.3, 0.4) is 0 Å². The molecular formula is C21H22F2N2O4. The van der Waals surface area contributed by atoms with Crippen molar-refractivity contribution in [2.75, 3.05) is 32.6 Å². The maximum absolute atomic E-state index is 13.7. The fraction of sp³-hybridized carbons (Fsp3) is 0.333. The molecule has 2 amide bonds. The molecule has 0 unspecified atom stereocenters. The number of halogens is 2. The number of nitrogens with zero attached hydrogens (tertiary/aromatic N) is 1. The van der Waals surface area contributed by atoms with Crippen LogP contribution >= 0.6 is 0 Å². The van der Waals surface area contributed by atoms with Crippen molar-refractivity contribution in [3.8, 4) is 11.5 Å². The van der Waals surface area contributed by atoms with Crippen LogP contribution in [0.1, 0.15) is 23.2 Å². The SMILES string of the molecule is COc1cccc(OC)c1C(=O)N1CCC(C(=O)Nc2ccc(F)cc2F)CC1. The first-order valence-electron chi connectivity index (χ1n) is 9.20. The second kappa shape index (κ2) is 8.89. The van der Waals surface area contributed by atoms with Crippen molar-refractivity contribution < 1.29 is 27.8 Å². The summed E-state index contributed by atoms with van der Waals surface area (Å²) >= 11 is 0. The lowest BCUT2D eigenvalue weighted by Crippen LogP contribution is -2.41. The fourth-order valence-electron chi connectivity index (χ4n) is 3.39. The maximum atomic E-state index is 13.7. The molecule has 1 aliphatic heterocycles. The number of hydrogen-bond donors (Lipinski definition) is 1. The molecule has 0 atom stereocenters. The summed E-state index contributed by atoms with van der Waals surface area (Å²) in [5, 5.41) is 2.50. The highest BCUT2D eigenvalue weighted by Gasteiger charge is 2.30. The monoisotopic (exact) mass is 404 g/mol. The molecule has 2 aromatic rings. The summed E-state index contributed by atoms with van der Waals surface area (Å²) in [6, 6.07) is 8.10. The number of anilines is 1. The number of carbonyl (C=O) groups is 2. The van der Waals surface area contributed by atoms with Crippen LogP contribution in [0.5, 0.6) is 11.5 Å². The Morgan fingerprint density at radius 2 is 1.66 bits per heavy atom. The highest BCUT2D eigenvalue weighted by molar-refractivity contribution is 6.00. The average molecular weight is 404 g/mol. The average Bonchev–Trinajstić information content (AvgIpc) is 2.74. The van der Waals surface area contributed by atoms with Crippen molar-refractivity contribution in [1.82, 2.24) is 4.90 Å². The molecule has 154 valence electrons. The Bertz CT molecular complexity index is 889. The third-order valence-electron chi connectivity index (χ3n) is 4.98. The van der Waals surface area contributed by atoms with Crippen LogP contribution in [-0.2, 0) is 4.79 Å². The van der Waals surface area contributed by atoms with Gasteiger partial charge in [-0.2, -0.15) is 0 Å². The Morgan fingerprint density at radius 3 is 2.21 bits per heavy atom. The molecule has 29 heavy (non-hydrogen) atoms. The molecule has 3 rings (SSSR count). The summed E-state index contributed by atoms with van der Waals surface area (Å²) < 4.78 is 37.3. The summed E-state index contributed by atoms with van der Waals surface area (Å²) in [5.41, 5.74) is 0.280. The van der Waals surface area contributed by atoms with E-state index in [0.29, 0.717) is 43.0 Å². The van der Waals surface area contributed by atoms with Gasteiger partial charge in [0.15, 0.2) is 0 Å². The lowest BCUT2D eigenvalue weighted by atomic mass is 9.95. The normalized spacial score (nSPS) is 14.4. The van der Waals surface area contributed by atoms with E-state index in [2.05, 4.69) is 5.32 Å². The summed E-state index contributed by atoms with van der Waals surface area (Å²) in [5.74, 6) is -1.65. The molecule has 1 aliphatic rings. The number of piperidine rings is 1. The Morgan fingerprint density at radius 1 is 1.03 bits per heavy atom. The number of carbonyl (C=O) groups excluding carboxylic acids is 2. The number of ether oxygens (including phenoxy) is 2. The van der Waals surface area contributed by atoms with Crippen molar-refractivity contribution in [3.63, 3.8) is 0 Å². The maximum Gasteiger partial charge on any atom is 0.261 e. The first-order valence-corrected chi connectivity index (χ1v) is 9.20. The van der Waals surface area contributed by atoms with Crippen LogP contribution in [0.4, 0.5) is 14.5 Å². The van der Waals surface area contributed by atoms with Crippen molar-refractivity contribution in [1.29, 1.82) is 0 Å². The van der Waals surface area contributed by atoms with Crippen molar-refractivity contribution in [2.45, 2.75) is 12.8 Å². The molecule has 0 aliphatic carbocycles. The predicted molar refractivity (Wildman–Crippen MR) is 103 cm³/mol. The summed E-state index contributed by atoms with van der Waals surface area (Å²) in [6.07, 6.45) is 0.857. The first kappa shape index (κ1) is 20.6. The molecule has 6 nitrogen and oxygen atoms in total. The van der Waals surface area contributed by atoms with Gasteiger partial charge < -0.3 is 19.7 Å². The minimum absolute atomic E-state index is 0.0614. The van der Waals surface area contributed by atoms with Crippen molar-refractivity contribution >= 4 is 17.5 Å². The number of nitrogens with one attached hydrogen (secondary N) is 1. The molecule has 0 radical (unpaired) electrons. The number of rotatable bonds is 5. The second-order valence-electron chi connectivity index (χ2n) is 6.72. The van der Waals surface area contributed by atoms with Gasteiger partial charge in [0.1, 0.15) is 28.7 Å². The van der Waals surface area contributed by atoms with Gasteiger partial charge in [-0.05, 0) is 37.1 Å². The van der Waals surface area contributed by atoms with E-state index in [-0.39, 0.29) is 23.4 Å². The van der Waals surface area contributed by atoms with Crippen LogP contribution in [0.2, 0.25) is 0 Å². The summed E-state index contributed by atoms with van der Waals surface area (Å²) in [7, 11) is 2.97. The molecule has 8 heteroatoms. The third-order valence-corrected chi connectivity index (χ3v) is 4.98. The van der Waals surface area contributed by atoms with E-state index in [0.717, 1.165) is 12.1 Å². The van der Waals surface area contributed by atoms with Gasteiger partial charge in [-0.25, -0.2) is 8.78 Å². The van der Waals surface area contributed by atoms with Gasteiger partial charge in [-0.1, -0.05) is 6.07 Å². The largest absolute Gasteiger partial charge is 0.496 e. The van der Waals surface area contributed by atoms with Gasteiger partial charge in [0.05, 0.1) is 19.9 Å². The zero-order chi connectivity index (χ0) is 21.0. The number of amides is 2. The van der Waals surface area contributed by atoms with E-state index >= 15 is 0 Å². The smallest absolute Gasteiger partial charge is 0.261 e. The van der Waals surface area contributed by atoms with E-state index in [4.69, 9.17) is 9.47 Å². The Balaban J connectivity index is 1.65. The van der Waals surface area contributed by atoms with Crippen LogP contribution in [-0.4, -0.2) is 44.0 Å². The van der Waals surface area contributed by atoms with Crippen molar-refractivity contribution in [3.05, 3.63) is 53.6 Å². The Labute approximate surface area is 167 Å². The van der Waals surface area contributed by atoms with Gasteiger partial charge in [0, 0.05) is 25.1 Å². The van der Waals surface area contributed by atoms with Gasteiger partial charge in [0.25, 0.3) is 5.91 Å².